The van der Waals surface area contributed by atoms with Gasteiger partial charge in [0, 0.05) is 19.6 Å². The van der Waals surface area contributed by atoms with Crippen molar-refractivity contribution in [3.63, 3.8) is 0 Å². The summed E-state index contributed by atoms with van der Waals surface area (Å²) in [5.41, 5.74) is 15.4. The molecule has 0 saturated heterocycles. The van der Waals surface area contributed by atoms with Crippen LogP contribution in [0.5, 0.6) is 0 Å². The largest absolute Gasteiger partial charge is 0.368 e. The fourth-order valence-electron chi connectivity index (χ4n) is 0.558. The van der Waals surface area contributed by atoms with Gasteiger partial charge in [-0.25, -0.2) is 0 Å². The first kappa shape index (κ1) is 9.35. The first-order valence-corrected chi connectivity index (χ1v) is 3.15. The topological polar surface area (TPSA) is 107 Å². The quantitative estimate of drug-likeness (QED) is 0.340. The predicted octanol–water partition coefficient (Wildman–Crippen LogP) is -2.65. The SMILES string of the molecule is NCCNC(CN)C(N)=O. The van der Waals surface area contributed by atoms with Gasteiger partial charge >= 0.3 is 0 Å². The molecule has 5 heteroatoms. The number of nitrogens with one attached hydrogen (secondary N) is 1. The van der Waals surface area contributed by atoms with Crippen molar-refractivity contribution in [2.24, 2.45) is 17.2 Å². The van der Waals surface area contributed by atoms with Crippen molar-refractivity contribution in [3.05, 3.63) is 0 Å². The van der Waals surface area contributed by atoms with Crippen molar-refractivity contribution >= 4 is 5.91 Å². The Morgan fingerprint density at radius 1 is 1.50 bits per heavy atom. The van der Waals surface area contributed by atoms with Gasteiger partial charge in [-0.3, -0.25) is 4.79 Å². The zero-order chi connectivity index (χ0) is 7.98. The Bertz CT molecular complexity index is 106. The Labute approximate surface area is 59.9 Å². The van der Waals surface area contributed by atoms with Crippen LogP contribution >= 0.6 is 0 Å². The van der Waals surface area contributed by atoms with E-state index in [4.69, 9.17) is 17.2 Å². The second-order valence-electron chi connectivity index (χ2n) is 1.93. The van der Waals surface area contributed by atoms with Gasteiger partial charge in [-0.05, 0) is 0 Å². The van der Waals surface area contributed by atoms with Crippen LogP contribution in [0.4, 0.5) is 0 Å². The molecule has 0 rings (SSSR count). The van der Waals surface area contributed by atoms with E-state index < -0.39 is 11.9 Å². The highest BCUT2D eigenvalue weighted by Gasteiger charge is 2.09. The molecule has 0 aliphatic rings. The summed E-state index contributed by atoms with van der Waals surface area (Å²) in [6.07, 6.45) is 0. The van der Waals surface area contributed by atoms with Crippen molar-refractivity contribution in [1.29, 1.82) is 0 Å². The molecule has 0 bridgehead atoms. The van der Waals surface area contributed by atoms with Gasteiger partial charge < -0.3 is 22.5 Å². The van der Waals surface area contributed by atoms with E-state index in [1.54, 1.807) is 0 Å². The van der Waals surface area contributed by atoms with Crippen LogP contribution in [0.2, 0.25) is 0 Å². The number of carbonyl (C=O) groups is 1. The van der Waals surface area contributed by atoms with E-state index in [1.165, 1.54) is 0 Å². The third-order valence-electron chi connectivity index (χ3n) is 1.11. The number of hydrogen-bond acceptors (Lipinski definition) is 4. The smallest absolute Gasteiger partial charge is 0.235 e. The van der Waals surface area contributed by atoms with Gasteiger partial charge in [-0.1, -0.05) is 0 Å². The zero-order valence-corrected chi connectivity index (χ0v) is 5.84. The molecular formula is C5H14N4O. The van der Waals surface area contributed by atoms with Gasteiger partial charge in [-0.2, -0.15) is 0 Å². The summed E-state index contributed by atoms with van der Waals surface area (Å²) >= 11 is 0. The highest BCUT2D eigenvalue weighted by atomic mass is 16.1. The maximum Gasteiger partial charge on any atom is 0.235 e. The number of amides is 1. The second kappa shape index (κ2) is 5.16. The van der Waals surface area contributed by atoms with E-state index in [9.17, 15) is 4.79 Å². The average Bonchev–Trinajstić information content (AvgIpc) is 1.89. The summed E-state index contributed by atoms with van der Waals surface area (Å²) in [5, 5.41) is 2.79. The number of primary amides is 1. The summed E-state index contributed by atoms with van der Waals surface area (Å²) in [5.74, 6) is -0.434. The number of hydrogen-bond donors (Lipinski definition) is 4. The average molecular weight is 146 g/mol. The number of carbonyl (C=O) groups excluding carboxylic acids is 1. The minimum atomic E-state index is -0.441. The molecule has 0 heterocycles. The van der Waals surface area contributed by atoms with E-state index in [0.717, 1.165) is 0 Å². The second-order valence-corrected chi connectivity index (χ2v) is 1.93. The van der Waals surface area contributed by atoms with Crippen LogP contribution in [0.1, 0.15) is 0 Å². The summed E-state index contributed by atoms with van der Waals surface area (Å²) in [6, 6.07) is -0.441. The van der Waals surface area contributed by atoms with Crippen LogP contribution in [0, 0.1) is 0 Å². The summed E-state index contributed by atoms with van der Waals surface area (Å²) in [4.78, 5) is 10.5. The molecule has 0 fully saturated rings. The number of nitrogens with two attached hydrogens (primary N) is 3. The molecule has 10 heavy (non-hydrogen) atoms. The van der Waals surface area contributed by atoms with Gasteiger partial charge in [0.1, 0.15) is 0 Å². The summed E-state index contributed by atoms with van der Waals surface area (Å²) in [7, 11) is 0. The molecule has 1 unspecified atom stereocenters. The first-order valence-electron chi connectivity index (χ1n) is 3.15. The molecule has 0 aliphatic carbocycles. The van der Waals surface area contributed by atoms with Crippen LogP contribution in [-0.2, 0) is 4.79 Å². The lowest BCUT2D eigenvalue weighted by atomic mass is 10.3. The third kappa shape index (κ3) is 3.39. The Morgan fingerprint density at radius 2 is 2.10 bits per heavy atom. The molecule has 0 aliphatic heterocycles. The van der Waals surface area contributed by atoms with E-state index in [1.807, 2.05) is 0 Å². The highest BCUT2D eigenvalue weighted by Crippen LogP contribution is 1.74. The van der Waals surface area contributed by atoms with Gasteiger partial charge in [0.25, 0.3) is 0 Å². The maximum atomic E-state index is 10.5. The molecule has 60 valence electrons. The van der Waals surface area contributed by atoms with Crippen molar-refractivity contribution in [3.8, 4) is 0 Å². The first-order chi connectivity index (χ1) is 4.72. The van der Waals surface area contributed by atoms with E-state index in [-0.39, 0.29) is 6.54 Å². The van der Waals surface area contributed by atoms with Crippen molar-refractivity contribution in [2.75, 3.05) is 19.6 Å². The van der Waals surface area contributed by atoms with Crippen molar-refractivity contribution in [1.82, 2.24) is 5.32 Å². The lowest BCUT2D eigenvalue weighted by Crippen LogP contribution is -2.47. The third-order valence-corrected chi connectivity index (χ3v) is 1.11. The fraction of sp³-hybridized carbons (Fsp3) is 0.800. The molecule has 5 nitrogen and oxygen atoms in total. The van der Waals surface area contributed by atoms with Gasteiger partial charge in [0.2, 0.25) is 5.91 Å². The summed E-state index contributed by atoms with van der Waals surface area (Å²) in [6.45, 7) is 1.25. The van der Waals surface area contributed by atoms with Crippen LogP contribution in [0.15, 0.2) is 0 Å². The molecule has 0 spiro atoms. The zero-order valence-electron chi connectivity index (χ0n) is 5.84. The lowest BCUT2D eigenvalue weighted by molar-refractivity contribution is -0.119. The maximum absolute atomic E-state index is 10.5. The van der Waals surface area contributed by atoms with Crippen molar-refractivity contribution < 1.29 is 4.79 Å². The standard InChI is InChI=1S/C5H14N4O/c6-1-2-9-4(3-7)5(8)10/h4,9H,1-3,6-7H2,(H2,8,10). The summed E-state index contributed by atoms with van der Waals surface area (Å²) < 4.78 is 0. The van der Waals surface area contributed by atoms with Gasteiger partial charge in [0.05, 0.1) is 6.04 Å². The van der Waals surface area contributed by atoms with Gasteiger partial charge in [-0.15, -0.1) is 0 Å². The van der Waals surface area contributed by atoms with E-state index >= 15 is 0 Å². The highest BCUT2D eigenvalue weighted by molar-refractivity contribution is 5.80. The van der Waals surface area contributed by atoms with Crippen molar-refractivity contribution in [2.45, 2.75) is 6.04 Å². The molecule has 0 aromatic heterocycles. The molecule has 0 aromatic carbocycles. The number of rotatable bonds is 5. The molecule has 1 amide bonds. The Morgan fingerprint density at radius 3 is 2.40 bits per heavy atom. The normalized spacial score (nSPS) is 13.0. The van der Waals surface area contributed by atoms with Gasteiger partial charge in [0.15, 0.2) is 0 Å². The van der Waals surface area contributed by atoms with Crippen LogP contribution < -0.4 is 22.5 Å². The van der Waals surface area contributed by atoms with Crippen LogP contribution in [0.25, 0.3) is 0 Å². The minimum Gasteiger partial charge on any atom is -0.368 e. The Hall–Kier alpha value is -0.650. The fourth-order valence-corrected chi connectivity index (χ4v) is 0.558. The Kier molecular flexibility index (Phi) is 4.82. The van der Waals surface area contributed by atoms with Crippen LogP contribution in [0.3, 0.4) is 0 Å². The molecule has 7 N–H and O–H groups in total. The Balaban J connectivity index is 3.50. The van der Waals surface area contributed by atoms with Crippen LogP contribution in [-0.4, -0.2) is 31.6 Å². The lowest BCUT2D eigenvalue weighted by Gasteiger charge is -2.10. The molecule has 1 atom stereocenters. The molecular weight excluding hydrogens is 132 g/mol. The van der Waals surface area contributed by atoms with E-state index in [0.29, 0.717) is 13.1 Å². The monoisotopic (exact) mass is 146 g/mol. The minimum absolute atomic E-state index is 0.218. The molecule has 0 saturated carbocycles. The molecule has 0 aromatic rings. The molecule has 0 radical (unpaired) electrons. The predicted molar refractivity (Wildman–Crippen MR) is 39.1 cm³/mol. The van der Waals surface area contributed by atoms with E-state index in [2.05, 4.69) is 5.32 Å².